The highest BCUT2D eigenvalue weighted by molar-refractivity contribution is 6.18. The number of ether oxygens (including phenoxy) is 1. The van der Waals surface area contributed by atoms with E-state index in [1.54, 1.807) is 19.1 Å². The van der Waals surface area contributed by atoms with Crippen molar-refractivity contribution in [2.75, 3.05) is 36.4 Å². The summed E-state index contributed by atoms with van der Waals surface area (Å²) < 4.78 is 20.4. The number of carbonyl (C=O) groups excluding carboxylic acids is 2. The van der Waals surface area contributed by atoms with Crippen LogP contribution in [0.25, 0.3) is 11.0 Å². The number of hydrogen-bond acceptors (Lipinski definition) is 6. The number of fused-ring (bicyclic) bond motifs is 1. The van der Waals surface area contributed by atoms with Crippen LogP contribution in [-0.4, -0.2) is 65.0 Å². The second kappa shape index (κ2) is 17.5. The maximum atomic E-state index is 13.3. The first-order chi connectivity index (χ1) is 18.3. The van der Waals surface area contributed by atoms with Crippen molar-refractivity contribution in [3.05, 3.63) is 59.7 Å². The molecule has 0 spiro atoms. The van der Waals surface area contributed by atoms with Crippen LogP contribution in [0, 0.1) is 5.82 Å². The van der Waals surface area contributed by atoms with Gasteiger partial charge in [-0.2, -0.15) is 0 Å². The number of aromatic nitrogens is 2. The summed E-state index contributed by atoms with van der Waals surface area (Å²) in [6.07, 6.45) is 0.950. The van der Waals surface area contributed by atoms with E-state index < -0.39 is 24.0 Å². The number of amides is 1. The number of imidazole rings is 1. The Morgan fingerprint density at radius 1 is 1.12 bits per heavy atom. The first-order valence-electron chi connectivity index (χ1n) is 12.6. The van der Waals surface area contributed by atoms with Crippen LogP contribution in [0.15, 0.2) is 42.5 Å². The van der Waals surface area contributed by atoms with E-state index in [1.165, 1.54) is 12.1 Å². The molecule has 8 nitrogen and oxygen atoms in total. The number of benzene rings is 2. The largest absolute Gasteiger partial charge is 0.464 e. The van der Waals surface area contributed by atoms with Crippen LogP contribution in [0.5, 0.6) is 0 Å². The van der Waals surface area contributed by atoms with Crippen molar-refractivity contribution < 1.29 is 18.7 Å². The topological polar surface area (TPSA) is 102 Å². The highest BCUT2D eigenvalue weighted by atomic mass is 35.5. The van der Waals surface area contributed by atoms with Crippen molar-refractivity contribution in [2.45, 2.75) is 38.3 Å². The molecular weight excluding hydrogens is 603 g/mol. The predicted octanol–water partition coefficient (Wildman–Crippen LogP) is 4.39. The number of aryl methyl sites for hydroxylation is 2. The molecular formula is C27H36Cl4FN5O3. The van der Waals surface area contributed by atoms with Crippen molar-refractivity contribution in [3.8, 4) is 0 Å². The van der Waals surface area contributed by atoms with Gasteiger partial charge in [0.1, 0.15) is 17.7 Å². The second-order valence-corrected chi connectivity index (χ2v) is 9.67. The summed E-state index contributed by atoms with van der Waals surface area (Å²) in [6, 6.07) is 9.96. The van der Waals surface area contributed by atoms with Crippen molar-refractivity contribution in [1.82, 2.24) is 14.9 Å². The molecule has 3 aromatic rings. The monoisotopic (exact) mass is 637 g/mol. The molecule has 13 heteroatoms. The first kappa shape index (κ1) is 35.7. The van der Waals surface area contributed by atoms with E-state index in [9.17, 15) is 14.0 Å². The maximum absolute atomic E-state index is 13.3. The second-order valence-electron chi connectivity index (χ2n) is 8.91. The summed E-state index contributed by atoms with van der Waals surface area (Å²) >= 11 is 11.9. The molecule has 40 heavy (non-hydrogen) atoms. The molecule has 1 amide bonds. The molecule has 2 aromatic carbocycles. The number of hydrogen-bond donors (Lipinski definition) is 2. The Bertz CT molecular complexity index is 1220. The van der Waals surface area contributed by atoms with Crippen LogP contribution >= 0.6 is 48.0 Å². The molecule has 0 aliphatic heterocycles. The third kappa shape index (κ3) is 9.66. The van der Waals surface area contributed by atoms with Gasteiger partial charge < -0.3 is 25.3 Å². The van der Waals surface area contributed by atoms with Gasteiger partial charge in [0.05, 0.1) is 23.7 Å². The average Bonchev–Trinajstić information content (AvgIpc) is 3.22. The van der Waals surface area contributed by atoms with Gasteiger partial charge in [0.2, 0.25) is 5.91 Å². The Kier molecular flexibility index (Phi) is 15.6. The van der Waals surface area contributed by atoms with Crippen LogP contribution in [0.3, 0.4) is 0 Å². The van der Waals surface area contributed by atoms with Crippen LogP contribution < -0.4 is 16.0 Å². The third-order valence-corrected chi connectivity index (χ3v) is 6.63. The molecule has 0 fully saturated rings. The van der Waals surface area contributed by atoms with E-state index in [0.29, 0.717) is 43.3 Å². The molecule has 3 rings (SSSR count). The molecule has 222 valence electrons. The van der Waals surface area contributed by atoms with Crippen molar-refractivity contribution in [3.63, 3.8) is 0 Å². The molecule has 0 saturated carbocycles. The molecule has 1 heterocycles. The van der Waals surface area contributed by atoms with Crippen LogP contribution in [0.4, 0.5) is 10.1 Å². The highest BCUT2D eigenvalue weighted by Gasteiger charge is 2.25. The van der Waals surface area contributed by atoms with Gasteiger partial charge in [-0.1, -0.05) is 12.1 Å². The number of esters is 1. The Morgan fingerprint density at radius 2 is 1.77 bits per heavy atom. The molecule has 0 saturated heterocycles. The first-order valence-corrected chi connectivity index (χ1v) is 13.6. The molecule has 0 aliphatic rings. The van der Waals surface area contributed by atoms with Crippen LogP contribution in [0.2, 0.25) is 0 Å². The minimum Gasteiger partial charge on any atom is -0.464 e. The Balaban J connectivity index is 0.00000400. The summed E-state index contributed by atoms with van der Waals surface area (Å²) in [5.41, 5.74) is 9.66. The summed E-state index contributed by atoms with van der Waals surface area (Å²) in [6.45, 7) is 3.22. The number of nitrogens with two attached hydrogens (primary N) is 1. The summed E-state index contributed by atoms with van der Waals surface area (Å²) in [5, 5.41) is 2.70. The number of nitrogens with zero attached hydrogens (tertiary/aromatic N) is 3. The lowest BCUT2D eigenvalue weighted by Gasteiger charge is -2.22. The van der Waals surface area contributed by atoms with E-state index in [1.807, 2.05) is 29.8 Å². The number of anilines is 1. The SMILES string of the molecule is CCOC(=O)C(Cc1ccc(F)cc1)NC(=O)C(N)CCc1nc2cc(N(CCCl)CCCl)ccc2n1C.Cl.Cl. The van der Waals surface area contributed by atoms with E-state index in [2.05, 4.69) is 10.2 Å². The van der Waals surface area contributed by atoms with Crippen molar-refractivity contribution in [1.29, 1.82) is 0 Å². The molecule has 2 atom stereocenters. The van der Waals surface area contributed by atoms with Gasteiger partial charge in [-0.05, 0) is 49.2 Å². The fourth-order valence-electron chi connectivity index (χ4n) is 4.22. The number of rotatable bonds is 14. The van der Waals surface area contributed by atoms with Gasteiger partial charge in [0.25, 0.3) is 0 Å². The number of carbonyl (C=O) groups is 2. The quantitative estimate of drug-likeness (QED) is 0.201. The van der Waals surface area contributed by atoms with Gasteiger partial charge in [0.15, 0.2) is 0 Å². The lowest BCUT2D eigenvalue weighted by atomic mass is 10.0. The summed E-state index contributed by atoms with van der Waals surface area (Å²) in [7, 11) is 1.92. The maximum Gasteiger partial charge on any atom is 0.328 e. The minimum atomic E-state index is -0.933. The molecule has 3 N–H and O–H groups in total. The molecule has 0 bridgehead atoms. The zero-order valence-electron chi connectivity index (χ0n) is 22.4. The molecule has 0 radical (unpaired) electrons. The smallest absolute Gasteiger partial charge is 0.328 e. The molecule has 1 aromatic heterocycles. The summed E-state index contributed by atoms with van der Waals surface area (Å²) in [4.78, 5) is 32.2. The van der Waals surface area contributed by atoms with Gasteiger partial charge in [-0.3, -0.25) is 4.79 Å². The van der Waals surface area contributed by atoms with Gasteiger partial charge in [0, 0.05) is 50.4 Å². The van der Waals surface area contributed by atoms with Crippen LogP contribution in [-0.2, 0) is 34.2 Å². The number of nitrogens with one attached hydrogen (secondary N) is 1. The van der Waals surface area contributed by atoms with Crippen LogP contribution in [0.1, 0.15) is 24.7 Å². The molecule has 0 aliphatic carbocycles. The van der Waals surface area contributed by atoms with Crippen molar-refractivity contribution in [2.24, 2.45) is 12.8 Å². The van der Waals surface area contributed by atoms with Gasteiger partial charge in [-0.25, -0.2) is 14.2 Å². The summed E-state index contributed by atoms with van der Waals surface area (Å²) in [5.74, 6) is 0.348. The Morgan fingerprint density at radius 3 is 2.38 bits per heavy atom. The van der Waals surface area contributed by atoms with E-state index in [4.69, 9.17) is 38.7 Å². The number of alkyl halides is 2. The Labute approximate surface area is 256 Å². The predicted molar refractivity (Wildman–Crippen MR) is 164 cm³/mol. The number of halogens is 5. The van der Waals surface area contributed by atoms with Gasteiger partial charge >= 0.3 is 5.97 Å². The lowest BCUT2D eigenvalue weighted by Crippen LogP contribution is -2.50. The van der Waals surface area contributed by atoms with E-state index in [0.717, 1.165) is 22.5 Å². The fourth-order valence-corrected chi connectivity index (χ4v) is 4.63. The third-order valence-electron chi connectivity index (χ3n) is 6.29. The molecule has 2 unspecified atom stereocenters. The zero-order valence-corrected chi connectivity index (χ0v) is 25.6. The fraction of sp³-hybridized carbons (Fsp3) is 0.444. The van der Waals surface area contributed by atoms with Crippen molar-refractivity contribution >= 4 is 76.6 Å². The van der Waals surface area contributed by atoms with Gasteiger partial charge in [-0.15, -0.1) is 48.0 Å². The minimum absolute atomic E-state index is 0. The Hall–Kier alpha value is -2.30. The standard InChI is InChI=1S/C27H34Cl2FN5O3.2ClH/c1-3-38-27(37)23(16-18-4-6-19(30)7-5-18)33-26(36)21(31)9-11-25-32-22-17-20(8-10-24(22)34(25)2)35(14-12-28)15-13-29;;/h4-8,10,17,21,23H,3,9,11-16,31H2,1-2H3,(H,33,36);2*1H. The lowest BCUT2D eigenvalue weighted by molar-refractivity contribution is -0.147. The highest BCUT2D eigenvalue weighted by Crippen LogP contribution is 2.23. The average molecular weight is 639 g/mol. The zero-order chi connectivity index (χ0) is 27.7. The van der Waals surface area contributed by atoms with E-state index >= 15 is 0 Å². The normalized spacial score (nSPS) is 12.2. The van der Waals surface area contributed by atoms with E-state index in [-0.39, 0.29) is 43.7 Å².